The molecule has 0 radical (unpaired) electrons. The molecular weight excluding hydrogens is 280 g/mol. The summed E-state index contributed by atoms with van der Waals surface area (Å²) in [5, 5.41) is 21.0. The van der Waals surface area contributed by atoms with Gasteiger partial charge in [0.25, 0.3) is 0 Å². The van der Waals surface area contributed by atoms with E-state index in [1.165, 1.54) is 12.1 Å². The molecule has 20 heavy (non-hydrogen) atoms. The number of carboxylic acids is 1. The van der Waals surface area contributed by atoms with Crippen LogP contribution in [0.25, 0.3) is 0 Å². The van der Waals surface area contributed by atoms with Gasteiger partial charge in [0, 0.05) is 18.8 Å². The maximum absolute atomic E-state index is 12.1. The van der Waals surface area contributed by atoms with Gasteiger partial charge in [-0.1, -0.05) is 0 Å². The zero-order valence-electron chi connectivity index (χ0n) is 10.8. The van der Waals surface area contributed by atoms with Crippen LogP contribution in [0.2, 0.25) is 0 Å². The van der Waals surface area contributed by atoms with Crippen molar-refractivity contribution in [1.29, 1.82) is 0 Å². The van der Waals surface area contributed by atoms with E-state index in [0.717, 1.165) is 24.0 Å². The maximum atomic E-state index is 12.1. The number of carboxylic acid groups (broad SMARTS) is 1. The van der Waals surface area contributed by atoms with Crippen LogP contribution in [-0.4, -0.2) is 51.7 Å². The van der Waals surface area contributed by atoms with Crippen molar-refractivity contribution in [2.75, 3.05) is 29.9 Å². The number of aromatic hydroxyl groups is 1. The Labute approximate surface area is 120 Å². The second kappa shape index (κ2) is 6.51. The minimum Gasteiger partial charge on any atom is -0.508 e. The third kappa shape index (κ3) is 3.57. The molecular formula is C13H16N2O4S. The maximum Gasteiger partial charge on any atom is 0.337 e. The number of amides is 2. The van der Waals surface area contributed by atoms with Crippen LogP contribution in [-0.2, 0) is 0 Å². The Morgan fingerprint density at radius 2 is 2.05 bits per heavy atom. The number of anilines is 1. The monoisotopic (exact) mass is 296 g/mol. The molecule has 108 valence electrons. The summed E-state index contributed by atoms with van der Waals surface area (Å²) in [6.45, 7) is 1.32. The van der Waals surface area contributed by atoms with E-state index in [1.54, 1.807) is 16.7 Å². The standard InChI is InChI=1S/C13H16N2O4S/c16-9-2-3-11(10(8-9)12(17)18)14-13(19)15-4-1-6-20-7-5-15/h2-3,8,16H,1,4-7H2,(H,14,19)(H,17,18). The highest BCUT2D eigenvalue weighted by Crippen LogP contribution is 2.22. The van der Waals surface area contributed by atoms with Crippen LogP contribution in [0.5, 0.6) is 5.75 Å². The summed E-state index contributed by atoms with van der Waals surface area (Å²) in [6.07, 6.45) is 0.930. The first-order chi connectivity index (χ1) is 9.58. The van der Waals surface area contributed by atoms with Gasteiger partial charge in [0.05, 0.1) is 11.3 Å². The molecule has 1 aromatic rings. The zero-order chi connectivity index (χ0) is 14.5. The number of rotatable bonds is 2. The second-order valence-electron chi connectivity index (χ2n) is 4.42. The summed E-state index contributed by atoms with van der Waals surface area (Å²) in [6, 6.07) is 3.56. The van der Waals surface area contributed by atoms with E-state index < -0.39 is 5.97 Å². The topological polar surface area (TPSA) is 89.9 Å². The van der Waals surface area contributed by atoms with Crippen molar-refractivity contribution < 1.29 is 19.8 Å². The molecule has 1 aromatic carbocycles. The molecule has 0 atom stereocenters. The average Bonchev–Trinajstić information content (AvgIpc) is 2.69. The van der Waals surface area contributed by atoms with Gasteiger partial charge in [-0.15, -0.1) is 0 Å². The molecule has 0 aromatic heterocycles. The molecule has 6 nitrogen and oxygen atoms in total. The lowest BCUT2D eigenvalue weighted by Crippen LogP contribution is -2.36. The van der Waals surface area contributed by atoms with E-state index in [0.29, 0.717) is 13.1 Å². The fourth-order valence-corrected chi connectivity index (χ4v) is 2.85. The normalized spacial score (nSPS) is 15.5. The van der Waals surface area contributed by atoms with E-state index in [2.05, 4.69) is 5.32 Å². The van der Waals surface area contributed by atoms with Crippen LogP contribution in [0.3, 0.4) is 0 Å². The van der Waals surface area contributed by atoms with Crippen molar-refractivity contribution >= 4 is 29.4 Å². The Balaban J connectivity index is 2.12. The van der Waals surface area contributed by atoms with Gasteiger partial charge in [-0.25, -0.2) is 9.59 Å². The fraction of sp³-hybridized carbons (Fsp3) is 0.385. The smallest absolute Gasteiger partial charge is 0.337 e. The predicted octanol–water partition coefficient (Wildman–Crippen LogP) is 2.06. The minimum absolute atomic E-state index is 0.123. The molecule has 1 fully saturated rings. The van der Waals surface area contributed by atoms with Crippen LogP contribution in [0.4, 0.5) is 10.5 Å². The number of aromatic carboxylic acids is 1. The van der Waals surface area contributed by atoms with E-state index in [9.17, 15) is 14.7 Å². The highest BCUT2D eigenvalue weighted by molar-refractivity contribution is 7.99. The summed E-state index contributed by atoms with van der Waals surface area (Å²) >= 11 is 1.80. The third-order valence-electron chi connectivity index (χ3n) is 2.98. The summed E-state index contributed by atoms with van der Waals surface area (Å²) < 4.78 is 0. The molecule has 3 N–H and O–H groups in total. The van der Waals surface area contributed by atoms with Gasteiger partial charge in [-0.05, 0) is 30.4 Å². The van der Waals surface area contributed by atoms with Crippen molar-refractivity contribution in [1.82, 2.24) is 4.90 Å². The van der Waals surface area contributed by atoms with Gasteiger partial charge in [0.15, 0.2) is 0 Å². The molecule has 0 spiro atoms. The first-order valence-electron chi connectivity index (χ1n) is 6.28. The molecule has 0 bridgehead atoms. The number of carbonyl (C=O) groups is 2. The largest absolute Gasteiger partial charge is 0.508 e. The van der Waals surface area contributed by atoms with Crippen molar-refractivity contribution in [3.63, 3.8) is 0 Å². The average molecular weight is 296 g/mol. The first-order valence-corrected chi connectivity index (χ1v) is 7.43. The number of phenols is 1. The summed E-state index contributed by atoms with van der Waals surface area (Å²) in [5.41, 5.74) is 0.0692. The SMILES string of the molecule is O=C(O)c1cc(O)ccc1NC(=O)N1CCCSCC1. The number of hydrogen-bond donors (Lipinski definition) is 3. The second-order valence-corrected chi connectivity index (χ2v) is 5.64. The Morgan fingerprint density at radius 1 is 1.25 bits per heavy atom. The lowest BCUT2D eigenvalue weighted by Gasteiger charge is -2.21. The lowest BCUT2D eigenvalue weighted by atomic mass is 10.1. The van der Waals surface area contributed by atoms with Crippen molar-refractivity contribution in [3.05, 3.63) is 23.8 Å². The van der Waals surface area contributed by atoms with E-state index in [4.69, 9.17) is 5.11 Å². The van der Waals surface area contributed by atoms with Gasteiger partial charge in [-0.2, -0.15) is 11.8 Å². The lowest BCUT2D eigenvalue weighted by molar-refractivity contribution is 0.0697. The van der Waals surface area contributed by atoms with Gasteiger partial charge >= 0.3 is 12.0 Å². The summed E-state index contributed by atoms with van der Waals surface area (Å²) in [7, 11) is 0. The molecule has 0 aliphatic carbocycles. The Kier molecular flexibility index (Phi) is 4.73. The number of benzene rings is 1. The van der Waals surface area contributed by atoms with Crippen molar-refractivity contribution in [2.24, 2.45) is 0 Å². The van der Waals surface area contributed by atoms with Crippen molar-refractivity contribution in [2.45, 2.75) is 6.42 Å². The fourth-order valence-electron chi connectivity index (χ4n) is 1.96. The number of urea groups is 1. The molecule has 7 heteroatoms. The van der Waals surface area contributed by atoms with E-state index in [1.807, 2.05) is 0 Å². The van der Waals surface area contributed by atoms with Crippen LogP contribution < -0.4 is 5.32 Å². The van der Waals surface area contributed by atoms with Crippen LogP contribution in [0, 0.1) is 0 Å². The zero-order valence-corrected chi connectivity index (χ0v) is 11.7. The quantitative estimate of drug-likeness (QED) is 0.727. The van der Waals surface area contributed by atoms with Crippen LogP contribution >= 0.6 is 11.8 Å². The molecule has 1 aliphatic heterocycles. The van der Waals surface area contributed by atoms with Gasteiger partial charge in [0.2, 0.25) is 0 Å². The molecule has 1 aliphatic rings. The van der Waals surface area contributed by atoms with Gasteiger partial charge in [0.1, 0.15) is 5.75 Å². The van der Waals surface area contributed by atoms with E-state index >= 15 is 0 Å². The number of nitrogens with zero attached hydrogens (tertiary/aromatic N) is 1. The molecule has 2 amide bonds. The van der Waals surface area contributed by atoms with Crippen molar-refractivity contribution in [3.8, 4) is 5.75 Å². The van der Waals surface area contributed by atoms with Gasteiger partial charge in [-0.3, -0.25) is 0 Å². The molecule has 0 saturated carbocycles. The number of nitrogens with one attached hydrogen (secondary N) is 1. The molecule has 1 saturated heterocycles. The Hall–Kier alpha value is -1.89. The number of thioether (sulfide) groups is 1. The van der Waals surface area contributed by atoms with Gasteiger partial charge < -0.3 is 20.4 Å². The highest BCUT2D eigenvalue weighted by Gasteiger charge is 2.18. The number of hydrogen-bond acceptors (Lipinski definition) is 4. The Bertz CT molecular complexity index is 513. The number of phenolic OH excluding ortho intramolecular Hbond substituents is 1. The molecule has 2 rings (SSSR count). The third-order valence-corrected chi connectivity index (χ3v) is 4.03. The molecule has 0 unspecified atom stereocenters. The van der Waals surface area contributed by atoms with Crippen LogP contribution in [0.1, 0.15) is 16.8 Å². The highest BCUT2D eigenvalue weighted by atomic mass is 32.2. The predicted molar refractivity (Wildman–Crippen MR) is 77.6 cm³/mol. The Morgan fingerprint density at radius 3 is 2.80 bits per heavy atom. The van der Waals surface area contributed by atoms with Crippen LogP contribution in [0.15, 0.2) is 18.2 Å². The minimum atomic E-state index is -1.19. The summed E-state index contributed by atoms with van der Waals surface area (Å²) in [4.78, 5) is 24.9. The summed E-state index contributed by atoms with van der Waals surface area (Å²) in [5.74, 6) is 0.576. The first kappa shape index (κ1) is 14.5. The number of carbonyl (C=O) groups excluding carboxylic acids is 1. The molecule has 1 heterocycles. The van der Waals surface area contributed by atoms with E-state index in [-0.39, 0.29) is 23.0 Å².